The van der Waals surface area contributed by atoms with Gasteiger partial charge in [-0.05, 0) is 44.0 Å². The molecule has 96 valence electrons. The molecule has 1 N–H and O–H groups in total. The molecule has 0 radical (unpaired) electrons. The molecule has 0 aliphatic rings. The summed E-state index contributed by atoms with van der Waals surface area (Å²) in [4.78, 5) is 1.40. The summed E-state index contributed by atoms with van der Waals surface area (Å²) in [7, 11) is 0. The van der Waals surface area contributed by atoms with Crippen molar-refractivity contribution in [3.8, 4) is 0 Å². The van der Waals surface area contributed by atoms with Crippen molar-refractivity contribution in [1.82, 2.24) is 5.32 Å². The highest BCUT2D eigenvalue weighted by atomic mass is 32.2. The van der Waals surface area contributed by atoms with Crippen LogP contribution in [-0.2, 0) is 0 Å². The molecule has 0 aromatic heterocycles. The Morgan fingerprint density at radius 1 is 1.18 bits per heavy atom. The van der Waals surface area contributed by atoms with Gasteiger partial charge in [0.1, 0.15) is 0 Å². The summed E-state index contributed by atoms with van der Waals surface area (Å²) in [5.74, 6) is 0. The van der Waals surface area contributed by atoms with Gasteiger partial charge >= 0.3 is 0 Å². The smallest absolute Gasteiger partial charge is 0.0292 e. The number of rotatable bonds is 7. The maximum Gasteiger partial charge on any atom is 0.0292 e. The van der Waals surface area contributed by atoms with E-state index in [-0.39, 0.29) is 0 Å². The zero-order valence-corrected chi connectivity index (χ0v) is 12.3. The molecular weight excluding hydrogens is 226 g/mol. The van der Waals surface area contributed by atoms with Crippen LogP contribution < -0.4 is 5.32 Å². The van der Waals surface area contributed by atoms with Crippen LogP contribution in [0.1, 0.15) is 52.1 Å². The molecule has 1 aromatic carbocycles. The minimum atomic E-state index is 0.447. The van der Waals surface area contributed by atoms with Gasteiger partial charge in [0, 0.05) is 16.2 Å². The van der Waals surface area contributed by atoms with Gasteiger partial charge in [-0.25, -0.2) is 0 Å². The van der Waals surface area contributed by atoms with Gasteiger partial charge in [-0.1, -0.05) is 32.9 Å². The Hall–Kier alpha value is -0.470. The molecule has 1 nitrogen and oxygen atoms in total. The molecule has 0 aliphatic heterocycles. The summed E-state index contributed by atoms with van der Waals surface area (Å²) in [5, 5.41) is 4.21. The average Bonchev–Trinajstić information content (AvgIpc) is 2.36. The largest absolute Gasteiger partial charge is 0.310 e. The maximum absolute atomic E-state index is 3.46. The van der Waals surface area contributed by atoms with Gasteiger partial charge in [0.15, 0.2) is 0 Å². The highest BCUT2D eigenvalue weighted by Gasteiger charge is 2.08. The van der Waals surface area contributed by atoms with Crippen molar-refractivity contribution in [3.63, 3.8) is 0 Å². The molecule has 0 fully saturated rings. The van der Waals surface area contributed by atoms with Gasteiger partial charge in [-0.3, -0.25) is 0 Å². The third-order valence-corrected chi connectivity index (χ3v) is 4.61. The Balaban J connectivity index is 2.71. The van der Waals surface area contributed by atoms with E-state index in [9.17, 15) is 0 Å². The van der Waals surface area contributed by atoms with Crippen molar-refractivity contribution in [3.05, 3.63) is 29.8 Å². The predicted octanol–water partition coefficient (Wildman–Crippen LogP) is 4.64. The van der Waals surface area contributed by atoms with E-state index >= 15 is 0 Å². The summed E-state index contributed by atoms with van der Waals surface area (Å²) in [6, 6.07) is 9.39. The van der Waals surface area contributed by atoms with Gasteiger partial charge in [-0.15, -0.1) is 11.8 Å². The zero-order chi connectivity index (χ0) is 12.7. The molecule has 0 bridgehead atoms. The number of hydrogen-bond acceptors (Lipinski definition) is 2. The predicted molar refractivity (Wildman–Crippen MR) is 78.8 cm³/mol. The van der Waals surface area contributed by atoms with E-state index < -0.39 is 0 Å². The monoisotopic (exact) mass is 251 g/mol. The molecular formula is C15H25NS. The van der Waals surface area contributed by atoms with Gasteiger partial charge in [0.2, 0.25) is 0 Å². The normalized spacial score (nSPS) is 13.0. The highest BCUT2D eigenvalue weighted by Crippen LogP contribution is 2.29. The minimum Gasteiger partial charge on any atom is -0.310 e. The minimum absolute atomic E-state index is 0.447. The highest BCUT2D eigenvalue weighted by molar-refractivity contribution is 8.00. The van der Waals surface area contributed by atoms with Gasteiger partial charge in [-0.2, -0.15) is 0 Å². The van der Waals surface area contributed by atoms with Crippen molar-refractivity contribution < 1.29 is 0 Å². The fourth-order valence-corrected chi connectivity index (χ4v) is 3.01. The lowest BCUT2D eigenvalue weighted by Gasteiger charge is -2.16. The van der Waals surface area contributed by atoms with Crippen molar-refractivity contribution >= 4 is 11.8 Å². The molecule has 0 amide bonds. The summed E-state index contributed by atoms with van der Waals surface area (Å²) in [6.45, 7) is 9.94. The van der Waals surface area contributed by atoms with Crippen LogP contribution >= 0.6 is 11.8 Å². The first kappa shape index (κ1) is 14.6. The maximum atomic E-state index is 3.46. The summed E-state index contributed by atoms with van der Waals surface area (Å²) in [5.41, 5.74) is 1.39. The SMILES string of the molecule is CCNC(C)c1cccc(SC(CC)CC)c1. The third-order valence-electron chi connectivity index (χ3n) is 3.08. The summed E-state index contributed by atoms with van der Waals surface area (Å²) >= 11 is 2.01. The van der Waals surface area contributed by atoms with Gasteiger partial charge < -0.3 is 5.32 Å². The standard InChI is InChI=1S/C15H25NS/c1-5-14(6-2)17-15-10-8-9-13(11-15)12(4)16-7-3/h8-12,14,16H,5-7H2,1-4H3. The first-order chi connectivity index (χ1) is 8.21. The molecule has 2 heteroatoms. The summed E-state index contributed by atoms with van der Waals surface area (Å²) in [6.07, 6.45) is 2.49. The van der Waals surface area contributed by atoms with Crippen molar-refractivity contribution in [2.24, 2.45) is 0 Å². The first-order valence-corrected chi connectivity index (χ1v) is 7.59. The molecule has 1 aromatic rings. The second-order valence-corrected chi connectivity index (χ2v) is 5.78. The van der Waals surface area contributed by atoms with Crippen LogP contribution in [0.2, 0.25) is 0 Å². The quantitative estimate of drug-likeness (QED) is 0.709. The number of thioether (sulfide) groups is 1. The van der Waals surface area contributed by atoms with Crippen LogP contribution in [0.25, 0.3) is 0 Å². The van der Waals surface area contributed by atoms with E-state index in [1.54, 1.807) is 0 Å². The fourth-order valence-electron chi connectivity index (χ4n) is 1.93. The molecule has 0 saturated carbocycles. The topological polar surface area (TPSA) is 12.0 Å². The second kappa shape index (κ2) is 7.78. The zero-order valence-electron chi connectivity index (χ0n) is 11.5. The average molecular weight is 251 g/mol. The van der Waals surface area contributed by atoms with Crippen molar-refractivity contribution in [2.75, 3.05) is 6.54 Å². The van der Waals surface area contributed by atoms with E-state index in [4.69, 9.17) is 0 Å². The van der Waals surface area contributed by atoms with Crippen LogP contribution in [-0.4, -0.2) is 11.8 Å². The first-order valence-electron chi connectivity index (χ1n) is 6.71. The molecule has 1 unspecified atom stereocenters. The number of nitrogens with one attached hydrogen (secondary N) is 1. The van der Waals surface area contributed by atoms with E-state index in [2.05, 4.69) is 57.3 Å². The Morgan fingerprint density at radius 3 is 2.47 bits per heavy atom. The molecule has 0 spiro atoms. The Morgan fingerprint density at radius 2 is 1.88 bits per heavy atom. The van der Waals surface area contributed by atoms with E-state index in [1.807, 2.05) is 11.8 Å². The molecule has 1 atom stereocenters. The van der Waals surface area contributed by atoms with E-state index in [0.29, 0.717) is 6.04 Å². The fraction of sp³-hybridized carbons (Fsp3) is 0.600. The van der Waals surface area contributed by atoms with Gasteiger partial charge in [0.25, 0.3) is 0 Å². The molecule has 17 heavy (non-hydrogen) atoms. The molecule has 1 rings (SSSR count). The van der Waals surface area contributed by atoms with Crippen molar-refractivity contribution in [2.45, 2.75) is 56.7 Å². The van der Waals surface area contributed by atoms with Crippen molar-refractivity contribution in [1.29, 1.82) is 0 Å². The molecule has 0 heterocycles. The molecule has 0 aliphatic carbocycles. The Labute approximate surface area is 110 Å². The lowest BCUT2D eigenvalue weighted by Crippen LogP contribution is -2.17. The second-order valence-electron chi connectivity index (χ2n) is 4.41. The van der Waals surface area contributed by atoms with Crippen LogP contribution in [0, 0.1) is 0 Å². The van der Waals surface area contributed by atoms with Crippen LogP contribution in [0.3, 0.4) is 0 Å². The number of benzene rings is 1. The lowest BCUT2D eigenvalue weighted by atomic mass is 10.1. The third kappa shape index (κ3) is 4.72. The summed E-state index contributed by atoms with van der Waals surface area (Å²) < 4.78 is 0. The van der Waals surface area contributed by atoms with E-state index in [1.165, 1.54) is 23.3 Å². The van der Waals surface area contributed by atoms with Crippen LogP contribution in [0.4, 0.5) is 0 Å². The van der Waals surface area contributed by atoms with Crippen LogP contribution in [0.5, 0.6) is 0 Å². The lowest BCUT2D eigenvalue weighted by molar-refractivity contribution is 0.597. The number of hydrogen-bond donors (Lipinski definition) is 1. The Kier molecular flexibility index (Phi) is 6.68. The van der Waals surface area contributed by atoms with Gasteiger partial charge in [0.05, 0.1) is 0 Å². The van der Waals surface area contributed by atoms with Crippen LogP contribution in [0.15, 0.2) is 29.2 Å². The molecule has 0 saturated heterocycles. The Bertz CT molecular complexity index is 320. The van der Waals surface area contributed by atoms with E-state index in [0.717, 1.165) is 11.8 Å².